The Balaban J connectivity index is 1.91. The van der Waals surface area contributed by atoms with Gasteiger partial charge in [-0.3, -0.25) is 19.7 Å². The number of aryl methyl sites for hydroxylation is 1. The number of benzene rings is 2. The van der Waals surface area contributed by atoms with Crippen molar-refractivity contribution in [3.05, 3.63) is 69.3 Å². The summed E-state index contributed by atoms with van der Waals surface area (Å²) in [6, 6.07) is 8.71. The second-order valence-electron chi connectivity index (χ2n) is 7.14. The summed E-state index contributed by atoms with van der Waals surface area (Å²) in [6.07, 6.45) is -4.50. The van der Waals surface area contributed by atoms with Crippen LogP contribution < -0.4 is 5.32 Å². The number of rotatable bonds is 4. The lowest BCUT2D eigenvalue weighted by atomic mass is 9.87. The average Bonchev–Trinajstić information content (AvgIpc) is 2.96. The van der Waals surface area contributed by atoms with Crippen LogP contribution in [0.5, 0.6) is 0 Å². The zero-order valence-corrected chi connectivity index (χ0v) is 16.1. The number of anilines is 1. The predicted octanol–water partition coefficient (Wildman–Crippen LogP) is 3.73. The van der Waals surface area contributed by atoms with E-state index in [0.29, 0.717) is 11.1 Å². The number of likely N-dealkylation sites (N-methyl/N-ethyl adjacent to an activating group) is 1. The third-order valence-electron chi connectivity index (χ3n) is 5.14. The SMILES string of the molecule is Cc1cccc(NC(=O)[C@@H]2C(=O)N(C)C[C@H]2c2ccc(C(F)(F)F)cc2)c1[N+](=O)[O-]. The van der Waals surface area contributed by atoms with Crippen LogP contribution in [0.2, 0.25) is 0 Å². The van der Waals surface area contributed by atoms with Crippen molar-refractivity contribution in [1.29, 1.82) is 0 Å². The molecule has 0 spiro atoms. The molecule has 1 saturated heterocycles. The molecule has 7 nitrogen and oxygen atoms in total. The Bertz CT molecular complexity index is 1010. The number of nitro benzene ring substituents is 1. The van der Waals surface area contributed by atoms with Gasteiger partial charge < -0.3 is 10.2 Å². The molecular weight excluding hydrogens is 403 g/mol. The molecule has 2 amide bonds. The van der Waals surface area contributed by atoms with Gasteiger partial charge in [0.2, 0.25) is 11.8 Å². The number of nitrogens with zero attached hydrogens (tertiary/aromatic N) is 2. The summed E-state index contributed by atoms with van der Waals surface area (Å²) < 4.78 is 38.5. The van der Waals surface area contributed by atoms with Gasteiger partial charge in [-0.05, 0) is 30.7 Å². The van der Waals surface area contributed by atoms with Gasteiger partial charge in [0.1, 0.15) is 11.6 Å². The van der Waals surface area contributed by atoms with Gasteiger partial charge in [0.25, 0.3) is 5.69 Å². The highest BCUT2D eigenvalue weighted by molar-refractivity contribution is 6.09. The monoisotopic (exact) mass is 421 g/mol. The van der Waals surface area contributed by atoms with Crippen molar-refractivity contribution in [1.82, 2.24) is 4.90 Å². The van der Waals surface area contributed by atoms with Gasteiger partial charge in [-0.15, -0.1) is 0 Å². The first kappa shape index (κ1) is 21.3. The van der Waals surface area contributed by atoms with Gasteiger partial charge in [-0.1, -0.05) is 24.3 Å². The number of amides is 2. The third kappa shape index (κ3) is 3.98. The van der Waals surface area contributed by atoms with E-state index in [-0.39, 0.29) is 17.9 Å². The highest BCUT2D eigenvalue weighted by Gasteiger charge is 2.45. The van der Waals surface area contributed by atoms with Crippen LogP contribution in [0, 0.1) is 23.0 Å². The van der Waals surface area contributed by atoms with Crippen molar-refractivity contribution in [2.24, 2.45) is 5.92 Å². The van der Waals surface area contributed by atoms with E-state index in [0.717, 1.165) is 12.1 Å². The fourth-order valence-corrected chi connectivity index (χ4v) is 3.62. The Kier molecular flexibility index (Phi) is 5.51. The molecule has 1 aliphatic rings. The number of halogens is 3. The van der Waals surface area contributed by atoms with Crippen LogP contribution in [0.15, 0.2) is 42.5 Å². The highest BCUT2D eigenvalue weighted by Crippen LogP contribution is 2.37. The zero-order chi connectivity index (χ0) is 22.2. The summed E-state index contributed by atoms with van der Waals surface area (Å²) in [6.45, 7) is 1.66. The van der Waals surface area contributed by atoms with Crippen LogP contribution >= 0.6 is 0 Å². The minimum absolute atomic E-state index is 0.0430. The number of carbonyl (C=O) groups is 2. The molecule has 0 radical (unpaired) electrons. The van der Waals surface area contributed by atoms with Crippen LogP contribution in [0.25, 0.3) is 0 Å². The van der Waals surface area contributed by atoms with Crippen LogP contribution in [0.3, 0.4) is 0 Å². The Morgan fingerprint density at radius 2 is 1.83 bits per heavy atom. The van der Waals surface area contributed by atoms with Crippen LogP contribution in [-0.4, -0.2) is 35.2 Å². The predicted molar refractivity (Wildman–Crippen MR) is 102 cm³/mol. The van der Waals surface area contributed by atoms with Crippen LogP contribution in [0.1, 0.15) is 22.6 Å². The number of alkyl halides is 3. The normalized spacial score (nSPS) is 19.1. The first-order chi connectivity index (χ1) is 14.0. The molecule has 2 aromatic rings. The Hall–Kier alpha value is -3.43. The Morgan fingerprint density at radius 3 is 2.40 bits per heavy atom. The molecule has 0 saturated carbocycles. The van der Waals surface area contributed by atoms with E-state index in [2.05, 4.69) is 5.32 Å². The van der Waals surface area contributed by atoms with E-state index in [1.54, 1.807) is 0 Å². The van der Waals surface area contributed by atoms with Crippen LogP contribution in [0.4, 0.5) is 24.5 Å². The fraction of sp³-hybridized carbons (Fsp3) is 0.300. The molecule has 2 atom stereocenters. The first-order valence-electron chi connectivity index (χ1n) is 8.97. The van der Waals surface area contributed by atoms with Crippen molar-refractivity contribution in [3.63, 3.8) is 0 Å². The number of hydrogen-bond donors (Lipinski definition) is 1. The van der Waals surface area contributed by atoms with E-state index in [1.807, 2.05) is 0 Å². The van der Waals surface area contributed by atoms with Gasteiger partial charge in [0, 0.05) is 25.1 Å². The maximum Gasteiger partial charge on any atom is 0.416 e. The topological polar surface area (TPSA) is 92.6 Å². The van der Waals surface area contributed by atoms with E-state index < -0.39 is 40.3 Å². The van der Waals surface area contributed by atoms with Crippen molar-refractivity contribution in [2.45, 2.75) is 19.0 Å². The van der Waals surface area contributed by atoms with E-state index in [9.17, 15) is 32.9 Å². The summed E-state index contributed by atoms with van der Waals surface area (Å²) in [5.74, 6) is -3.16. The molecule has 2 aromatic carbocycles. The van der Waals surface area contributed by atoms with E-state index in [1.165, 1.54) is 49.2 Å². The van der Waals surface area contributed by atoms with Crippen molar-refractivity contribution in [3.8, 4) is 0 Å². The summed E-state index contributed by atoms with van der Waals surface area (Å²) >= 11 is 0. The molecule has 30 heavy (non-hydrogen) atoms. The maximum absolute atomic E-state index is 12.9. The largest absolute Gasteiger partial charge is 0.416 e. The molecule has 0 aliphatic carbocycles. The minimum Gasteiger partial charge on any atom is -0.344 e. The van der Waals surface area contributed by atoms with Gasteiger partial charge in [0.15, 0.2) is 0 Å². The lowest BCUT2D eigenvalue weighted by Crippen LogP contribution is -2.33. The number of nitro groups is 1. The van der Waals surface area contributed by atoms with E-state index in [4.69, 9.17) is 0 Å². The second kappa shape index (κ2) is 7.77. The quantitative estimate of drug-likeness (QED) is 0.463. The minimum atomic E-state index is -4.50. The Morgan fingerprint density at radius 1 is 1.20 bits per heavy atom. The zero-order valence-electron chi connectivity index (χ0n) is 16.1. The third-order valence-corrected chi connectivity index (χ3v) is 5.14. The van der Waals surface area contributed by atoms with Gasteiger partial charge in [-0.25, -0.2) is 0 Å². The number of carbonyl (C=O) groups excluding carboxylic acids is 2. The fourth-order valence-electron chi connectivity index (χ4n) is 3.62. The maximum atomic E-state index is 12.9. The van der Waals surface area contributed by atoms with Gasteiger partial charge in [0.05, 0.1) is 10.5 Å². The number of hydrogen-bond acceptors (Lipinski definition) is 4. The molecule has 0 bridgehead atoms. The summed E-state index contributed by atoms with van der Waals surface area (Å²) in [5.41, 5.74) is -0.416. The molecule has 158 valence electrons. The molecular formula is C20H18F3N3O4. The summed E-state index contributed by atoms with van der Waals surface area (Å²) in [7, 11) is 1.49. The molecule has 1 aliphatic heterocycles. The standard InChI is InChI=1S/C20H18F3N3O4/c1-11-4-3-5-15(17(11)26(29)30)24-18(27)16-14(10-25(2)19(16)28)12-6-8-13(9-7-12)20(21,22)23/h3-9,14,16H,10H2,1-2H3,(H,24,27)/t14-,16+/m0/s1. The first-order valence-corrected chi connectivity index (χ1v) is 8.97. The lowest BCUT2D eigenvalue weighted by molar-refractivity contribution is -0.384. The van der Waals surface area contributed by atoms with Crippen LogP contribution in [-0.2, 0) is 15.8 Å². The molecule has 10 heteroatoms. The lowest BCUT2D eigenvalue weighted by Gasteiger charge is -2.18. The highest BCUT2D eigenvalue weighted by atomic mass is 19.4. The molecule has 3 rings (SSSR count). The number of para-hydroxylation sites is 1. The van der Waals surface area contributed by atoms with Gasteiger partial charge >= 0.3 is 6.18 Å². The van der Waals surface area contributed by atoms with Crippen molar-refractivity contribution in [2.75, 3.05) is 18.9 Å². The van der Waals surface area contributed by atoms with E-state index >= 15 is 0 Å². The summed E-state index contributed by atoms with van der Waals surface area (Å²) in [5, 5.41) is 13.8. The number of likely N-dealkylation sites (tertiary alicyclic amines) is 1. The molecule has 1 heterocycles. The van der Waals surface area contributed by atoms with Gasteiger partial charge in [-0.2, -0.15) is 13.2 Å². The molecule has 0 aromatic heterocycles. The Labute approximate surface area is 169 Å². The molecule has 1 N–H and O–H groups in total. The van der Waals surface area contributed by atoms with Crippen molar-refractivity contribution >= 4 is 23.2 Å². The average molecular weight is 421 g/mol. The van der Waals surface area contributed by atoms with Crippen molar-refractivity contribution < 1.29 is 27.7 Å². The molecule has 0 unspecified atom stereocenters. The summed E-state index contributed by atoms with van der Waals surface area (Å²) in [4.78, 5) is 37.5. The molecule has 1 fully saturated rings. The number of nitrogens with one attached hydrogen (secondary N) is 1. The smallest absolute Gasteiger partial charge is 0.344 e. The second-order valence-corrected chi connectivity index (χ2v) is 7.14.